The van der Waals surface area contributed by atoms with Gasteiger partial charge in [-0.25, -0.2) is 9.79 Å². The van der Waals surface area contributed by atoms with Gasteiger partial charge in [-0.3, -0.25) is 4.79 Å². The molecule has 0 saturated carbocycles. The fraction of sp³-hybridized carbons (Fsp3) is 0.0800. The van der Waals surface area contributed by atoms with E-state index < -0.39 is 5.97 Å². The Bertz CT molecular complexity index is 1310. The average Bonchev–Trinajstić information content (AvgIpc) is 3.14. The number of amides is 1. The minimum absolute atomic E-state index is 0.161. The Hall–Kier alpha value is -2.50. The van der Waals surface area contributed by atoms with Gasteiger partial charge < -0.3 is 14.8 Å². The van der Waals surface area contributed by atoms with Crippen LogP contribution in [-0.2, 0) is 20.9 Å². The van der Waals surface area contributed by atoms with Gasteiger partial charge in [-0.2, -0.15) is 0 Å². The number of benzene rings is 3. The third-order valence-electron chi connectivity index (χ3n) is 4.73. The first-order valence-corrected chi connectivity index (χ1v) is 12.7. The summed E-state index contributed by atoms with van der Waals surface area (Å²) < 4.78 is 14.0. The van der Waals surface area contributed by atoms with E-state index in [-0.39, 0.29) is 17.5 Å². The van der Waals surface area contributed by atoms with Crippen molar-refractivity contribution in [2.75, 3.05) is 5.32 Å². The number of esters is 1. The van der Waals surface area contributed by atoms with Crippen molar-refractivity contribution in [3.63, 3.8) is 0 Å². The van der Waals surface area contributed by atoms with Gasteiger partial charge in [0.1, 0.15) is 12.4 Å². The van der Waals surface area contributed by atoms with Crippen LogP contribution in [0.5, 0.6) is 5.75 Å². The van der Waals surface area contributed by atoms with E-state index in [1.54, 1.807) is 30.3 Å². The van der Waals surface area contributed by atoms with Crippen LogP contribution in [0.15, 0.2) is 80.3 Å². The highest BCUT2D eigenvalue weighted by molar-refractivity contribution is 14.1. The number of hydrogen-bond acceptors (Lipinski definition) is 5. The Kier molecular flexibility index (Phi) is 7.84. The summed E-state index contributed by atoms with van der Waals surface area (Å²) in [6, 6.07) is 18.6. The van der Waals surface area contributed by atoms with Crippen LogP contribution in [-0.4, -0.2) is 17.8 Å². The van der Waals surface area contributed by atoms with Gasteiger partial charge in [0, 0.05) is 27.3 Å². The molecule has 34 heavy (non-hydrogen) atoms. The number of aliphatic imine (C=N–C) groups is 1. The summed E-state index contributed by atoms with van der Waals surface area (Å²) in [7, 11) is 0. The smallest absolute Gasteiger partial charge is 0.363 e. The molecule has 0 radical (unpaired) electrons. The molecule has 1 amide bonds. The van der Waals surface area contributed by atoms with Crippen molar-refractivity contribution in [3.05, 3.63) is 95.6 Å². The zero-order valence-corrected chi connectivity index (χ0v) is 23.1. The number of halogens is 3. The fourth-order valence-electron chi connectivity index (χ4n) is 3.16. The first-order valence-electron chi connectivity index (χ1n) is 10.1. The number of cyclic esters (lactones) is 1. The minimum Gasteiger partial charge on any atom is -0.486 e. The molecule has 0 bridgehead atoms. The summed E-state index contributed by atoms with van der Waals surface area (Å²) >= 11 is 9.40. The summed E-state index contributed by atoms with van der Waals surface area (Å²) in [5.41, 5.74) is 3.31. The van der Waals surface area contributed by atoms with Crippen LogP contribution in [0.25, 0.3) is 6.08 Å². The quantitative estimate of drug-likeness (QED) is 0.177. The van der Waals surface area contributed by atoms with Crippen LogP contribution >= 0.6 is 54.5 Å². The number of nitrogens with zero attached hydrogens (tertiary/aromatic N) is 1. The summed E-state index contributed by atoms with van der Waals surface area (Å²) in [5.74, 6) is 0.179. The molecule has 1 N–H and O–H groups in total. The fourth-order valence-corrected chi connectivity index (χ4v) is 5.15. The number of carbonyl (C=O) groups excluding carboxylic acids is 2. The zero-order chi connectivity index (χ0) is 24.2. The SMILES string of the molecule is CC(=O)Nc1ccc(C2=N/C(=C\c3cc(Br)c(OCc4ccccc4I)c(Br)c3)C(=O)O2)cc1. The zero-order valence-electron chi connectivity index (χ0n) is 17.8. The van der Waals surface area contributed by atoms with Crippen LogP contribution in [0.4, 0.5) is 5.69 Å². The number of anilines is 1. The lowest BCUT2D eigenvalue weighted by Crippen LogP contribution is -2.07. The van der Waals surface area contributed by atoms with Crippen LogP contribution in [0, 0.1) is 3.57 Å². The van der Waals surface area contributed by atoms with Crippen LogP contribution < -0.4 is 10.1 Å². The van der Waals surface area contributed by atoms with E-state index in [9.17, 15) is 9.59 Å². The van der Waals surface area contributed by atoms with E-state index in [0.717, 1.165) is 23.6 Å². The van der Waals surface area contributed by atoms with Crippen molar-refractivity contribution in [2.24, 2.45) is 4.99 Å². The summed E-state index contributed by atoms with van der Waals surface area (Å²) in [6.07, 6.45) is 1.65. The first kappa shape index (κ1) is 24.6. The molecule has 1 aliphatic heterocycles. The van der Waals surface area contributed by atoms with Gasteiger partial charge in [0.2, 0.25) is 11.8 Å². The number of rotatable bonds is 6. The molecular formula is C25H17Br2IN2O4. The van der Waals surface area contributed by atoms with Gasteiger partial charge in [0.05, 0.1) is 8.95 Å². The Balaban J connectivity index is 1.53. The van der Waals surface area contributed by atoms with E-state index in [1.807, 2.05) is 36.4 Å². The van der Waals surface area contributed by atoms with Crippen molar-refractivity contribution < 1.29 is 19.1 Å². The Labute approximate surface area is 226 Å². The molecule has 1 heterocycles. The molecule has 0 spiro atoms. The maximum Gasteiger partial charge on any atom is 0.363 e. The van der Waals surface area contributed by atoms with E-state index in [1.165, 1.54) is 6.92 Å². The van der Waals surface area contributed by atoms with E-state index in [4.69, 9.17) is 9.47 Å². The van der Waals surface area contributed by atoms with E-state index >= 15 is 0 Å². The summed E-state index contributed by atoms with van der Waals surface area (Å²) in [5, 5.41) is 2.69. The van der Waals surface area contributed by atoms with Crippen molar-refractivity contribution >= 4 is 84.0 Å². The second-order valence-electron chi connectivity index (χ2n) is 7.29. The molecule has 0 aromatic heterocycles. The second kappa shape index (κ2) is 10.8. The third kappa shape index (κ3) is 5.94. The third-order valence-corrected chi connectivity index (χ3v) is 6.96. The predicted molar refractivity (Wildman–Crippen MR) is 147 cm³/mol. The molecule has 0 fully saturated rings. The lowest BCUT2D eigenvalue weighted by molar-refractivity contribution is -0.129. The number of carbonyl (C=O) groups is 2. The molecule has 0 atom stereocenters. The summed E-state index contributed by atoms with van der Waals surface area (Å²) in [4.78, 5) is 27.9. The second-order valence-corrected chi connectivity index (χ2v) is 10.2. The molecule has 1 aliphatic rings. The van der Waals surface area contributed by atoms with Gasteiger partial charge in [-0.1, -0.05) is 18.2 Å². The Morgan fingerprint density at radius 2 is 1.79 bits per heavy atom. The topological polar surface area (TPSA) is 77.0 Å². The molecule has 0 saturated heterocycles. The van der Waals surface area contributed by atoms with Crippen LogP contribution in [0.3, 0.4) is 0 Å². The minimum atomic E-state index is -0.535. The molecule has 9 heteroatoms. The lowest BCUT2D eigenvalue weighted by atomic mass is 10.2. The average molecular weight is 696 g/mol. The van der Waals surface area contributed by atoms with Gasteiger partial charge in [-0.05, 0) is 109 Å². The monoisotopic (exact) mass is 694 g/mol. The highest BCUT2D eigenvalue weighted by Crippen LogP contribution is 2.36. The molecular weight excluding hydrogens is 679 g/mol. The summed E-state index contributed by atoms with van der Waals surface area (Å²) in [6.45, 7) is 1.87. The largest absolute Gasteiger partial charge is 0.486 e. The molecule has 3 aromatic carbocycles. The molecule has 3 aromatic rings. The molecule has 0 aliphatic carbocycles. The molecule has 172 valence electrons. The highest BCUT2D eigenvalue weighted by atomic mass is 127. The standard InChI is InChI=1S/C25H17Br2IN2O4/c1-14(31)29-18-8-6-16(7-9-18)24-30-22(25(32)34-24)12-15-10-19(26)23(20(27)11-15)33-13-17-4-2-3-5-21(17)28/h2-12H,13H2,1H3,(H,29,31)/b22-12-. The lowest BCUT2D eigenvalue weighted by Gasteiger charge is -2.12. The van der Waals surface area contributed by atoms with Gasteiger partial charge in [0.25, 0.3) is 0 Å². The molecule has 4 rings (SSSR count). The number of hydrogen-bond donors (Lipinski definition) is 1. The number of nitrogens with one attached hydrogen (secondary N) is 1. The van der Waals surface area contributed by atoms with Crippen molar-refractivity contribution in [2.45, 2.75) is 13.5 Å². The number of ether oxygens (including phenoxy) is 2. The van der Waals surface area contributed by atoms with Gasteiger partial charge in [0.15, 0.2) is 5.70 Å². The predicted octanol–water partition coefficient (Wildman–Crippen LogP) is 6.70. The van der Waals surface area contributed by atoms with Gasteiger partial charge >= 0.3 is 5.97 Å². The normalized spacial score (nSPS) is 14.1. The highest BCUT2D eigenvalue weighted by Gasteiger charge is 2.24. The first-order chi connectivity index (χ1) is 16.3. The van der Waals surface area contributed by atoms with Crippen LogP contribution in [0.2, 0.25) is 0 Å². The van der Waals surface area contributed by atoms with Crippen molar-refractivity contribution in [3.8, 4) is 5.75 Å². The maximum absolute atomic E-state index is 12.4. The van der Waals surface area contributed by atoms with Gasteiger partial charge in [-0.15, -0.1) is 0 Å². The van der Waals surface area contributed by atoms with Crippen LogP contribution in [0.1, 0.15) is 23.6 Å². The Morgan fingerprint density at radius 3 is 2.44 bits per heavy atom. The van der Waals surface area contributed by atoms with Crippen molar-refractivity contribution in [1.29, 1.82) is 0 Å². The van der Waals surface area contributed by atoms with E-state index in [0.29, 0.717) is 23.6 Å². The molecule has 6 nitrogen and oxygen atoms in total. The molecule has 0 unspecified atom stereocenters. The Morgan fingerprint density at radius 1 is 1.12 bits per heavy atom. The van der Waals surface area contributed by atoms with Crippen molar-refractivity contribution in [1.82, 2.24) is 0 Å². The maximum atomic E-state index is 12.4. The van der Waals surface area contributed by atoms with E-state index in [2.05, 4.69) is 64.8 Å².